The van der Waals surface area contributed by atoms with Crippen LogP contribution >= 0.6 is 23.1 Å². The Morgan fingerprint density at radius 1 is 1.04 bits per heavy atom. The first kappa shape index (κ1) is 19.3. The molecule has 0 saturated heterocycles. The number of benzene rings is 2. The zero-order valence-electron chi connectivity index (χ0n) is 16.8. The lowest BCUT2D eigenvalue weighted by Gasteiger charge is -2.19. The fraction of sp³-hybridized carbons (Fsp3) is 0.292. The van der Waals surface area contributed by atoms with Gasteiger partial charge in [0.2, 0.25) is 5.52 Å². The first-order valence-electron chi connectivity index (χ1n) is 10.1. The Kier molecular flexibility index (Phi) is 5.88. The largest absolute Gasteiger partial charge is 0.335 e. The molecule has 0 bridgehead atoms. The molecule has 0 aliphatic carbocycles. The fourth-order valence-corrected chi connectivity index (χ4v) is 6.06. The van der Waals surface area contributed by atoms with E-state index in [4.69, 9.17) is 0 Å². The van der Waals surface area contributed by atoms with Gasteiger partial charge in [-0.1, -0.05) is 61.2 Å². The van der Waals surface area contributed by atoms with Crippen molar-refractivity contribution >= 4 is 45.1 Å². The van der Waals surface area contributed by atoms with E-state index in [1.165, 1.54) is 36.4 Å². The summed E-state index contributed by atoms with van der Waals surface area (Å²) in [6.45, 7) is 8.83. The van der Waals surface area contributed by atoms with Crippen LogP contribution in [-0.2, 0) is 6.54 Å². The Morgan fingerprint density at radius 3 is 2.64 bits per heavy atom. The van der Waals surface area contributed by atoms with E-state index in [1.54, 1.807) is 0 Å². The molecule has 1 aliphatic rings. The maximum absolute atomic E-state index is 2.46. The first-order valence-corrected chi connectivity index (χ1v) is 11.7. The highest BCUT2D eigenvalue weighted by Gasteiger charge is 2.24. The smallest absolute Gasteiger partial charge is 0.263 e. The van der Waals surface area contributed by atoms with Crippen molar-refractivity contribution in [2.24, 2.45) is 0 Å². The minimum atomic E-state index is 1.06. The molecule has 2 aromatic carbocycles. The van der Waals surface area contributed by atoms with Crippen molar-refractivity contribution in [1.29, 1.82) is 0 Å². The fourth-order valence-electron chi connectivity index (χ4n) is 3.66. The molecule has 144 valence electrons. The zero-order chi connectivity index (χ0) is 19.5. The van der Waals surface area contributed by atoms with Crippen LogP contribution in [0.2, 0.25) is 0 Å². The van der Waals surface area contributed by atoms with Crippen LogP contribution in [0.25, 0.3) is 16.3 Å². The number of allylic oxidation sites excluding steroid dienone is 2. The molecule has 0 amide bonds. The van der Waals surface area contributed by atoms with Crippen molar-refractivity contribution in [3.63, 3.8) is 0 Å². The quantitative estimate of drug-likeness (QED) is 0.412. The standard InChI is InChI=1S/C24H27N2S2/c1-4-14-25-19-10-6-8-12-21(19)27-23(25)16-18(3)17-24-26(15-5-2)20-11-7-9-13-22(20)28-24/h6-13,16-17H,4-5,14-15H2,1-3H3/q+1. The van der Waals surface area contributed by atoms with E-state index >= 15 is 0 Å². The number of thiazole rings is 1. The van der Waals surface area contributed by atoms with Gasteiger partial charge >= 0.3 is 0 Å². The Morgan fingerprint density at radius 2 is 1.82 bits per heavy atom. The van der Waals surface area contributed by atoms with Gasteiger partial charge in [-0.05, 0) is 43.2 Å². The molecule has 0 fully saturated rings. The summed E-state index contributed by atoms with van der Waals surface area (Å²) >= 11 is 3.77. The number of aryl methyl sites for hydroxylation is 1. The molecule has 1 aromatic heterocycles. The zero-order valence-corrected chi connectivity index (χ0v) is 18.4. The summed E-state index contributed by atoms with van der Waals surface area (Å²) in [5.74, 6) is 0. The monoisotopic (exact) mass is 407 g/mol. The van der Waals surface area contributed by atoms with Crippen molar-refractivity contribution in [3.05, 3.63) is 70.2 Å². The van der Waals surface area contributed by atoms with E-state index in [1.807, 2.05) is 23.1 Å². The second-order valence-electron chi connectivity index (χ2n) is 7.15. The third-order valence-electron chi connectivity index (χ3n) is 4.87. The average Bonchev–Trinajstić information content (AvgIpc) is 3.21. The molecule has 1 aliphatic heterocycles. The van der Waals surface area contributed by atoms with E-state index in [0.717, 1.165) is 25.9 Å². The molecule has 2 heterocycles. The Labute approximate surface area is 176 Å². The highest BCUT2D eigenvalue weighted by molar-refractivity contribution is 8.03. The van der Waals surface area contributed by atoms with Crippen LogP contribution < -0.4 is 9.47 Å². The number of fused-ring (bicyclic) bond motifs is 2. The van der Waals surface area contributed by atoms with Crippen LogP contribution in [0, 0.1) is 0 Å². The molecule has 2 nitrogen and oxygen atoms in total. The van der Waals surface area contributed by atoms with Gasteiger partial charge < -0.3 is 4.90 Å². The van der Waals surface area contributed by atoms with Crippen molar-refractivity contribution in [2.45, 2.75) is 45.1 Å². The normalized spacial score (nSPS) is 15.6. The van der Waals surface area contributed by atoms with Gasteiger partial charge in [0.25, 0.3) is 5.01 Å². The molecule has 4 rings (SSSR count). The van der Waals surface area contributed by atoms with Gasteiger partial charge in [0.1, 0.15) is 11.2 Å². The summed E-state index contributed by atoms with van der Waals surface area (Å²) < 4.78 is 3.82. The lowest BCUT2D eigenvalue weighted by Crippen LogP contribution is -2.34. The Hall–Kier alpha value is -2.04. The summed E-state index contributed by atoms with van der Waals surface area (Å²) in [6, 6.07) is 17.5. The van der Waals surface area contributed by atoms with Crippen LogP contribution in [0.3, 0.4) is 0 Å². The summed E-state index contributed by atoms with van der Waals surface area (Å²) in [5.41, 5.74) is 3.99. The second-order valence-corrected chi connectivity index (χ2v) is 9.28. The van der Waals surface area contributed by atoms with Gasteiger partial charge in [-0.3, -0.25) is 0 Å². The molecule has 3 aromatic rings. The number of anilines is 1. The van der Waals surface area contributed by atoms with Gasteiger partial charge in [-0.2, -0.15) is 4.57 Å². The Balaban J connectivity index is 1.70. The van der Waals surface area contributed by atoms with Gasteiger partial charge in [-0.15, -0.1) is 0 Å². The number of hydrogen-bond donors (Lipinski definition) is 0. The highest BCUT2D eigenvalue weighted by atomic mass is 32.2. The molecule has 0 atom stereocenters. The molecule has 4 heteroatoms. The van der Waals surface area contributed by atoms with Crippen LogP contribution in [-0.4, -0.2) is 6.54 Å². The molecular weight excluding hydrogens is 380 g/mol. The maximum Gasteiger partial charge on any atom is 0.263 e. The highest BCUT2D eigenvalue weighted by Crippen LogP contribution is 2.46. The van der Waals surface area contributed by atoms with Crippen molar-refractivity contribution in [1.82, 2.24) is 0 Å². The molecule has 28 heavy (non-hydrogen) atoms. The van der Waals surface area contributed by atoms with E-state index in [2.05, 4.69) is 90.9 Å². The van der Waals surface area contributed by atoms with Crippen molar-refractivity contribution < 1.29 is 4.57 Å². The molecule has 0 spiro atoms. The molecule has 0 N–H and O–H groups in total. The third-order valence-corrected chi connectivity index (χ3v) is 7.09. The number of hydrogen-bond acceptors (Lipinski definition) is 3. The number of thioether (sulfide) groups is 1. The first-order chi connectivity index (χ1) is 13.7. The van der Waals surface area contributed by atoms with Crippen molar-refractivity contribution in [2.75, 3.05) is 11.4 Å². The predicted octanol–water partition coefficient (Wildman–Crippen LogP) is 6.87. The summed E-state index contributed by atoms with van der Waals surface area (Å²) in [7, 11) is 0. The lowest BCUT2D eigenvalue weighted by atomic mass is 10.2. The van der Waals surface area contributed by atoms with Crippen LogP contribution in [0.15, 0.2) is 70.1 Å². The van der Waals surface area contributed by atoms with E-state index in [0.29, 0.717) is 0 Å². The topological polar surface area (TPSA) is 7.12 Å². The molecular formula is C24H27N2S2+. The predicted molar refractivity (Wildman–Crippen MR) is 124 cm³/mol. The van der Waals surface area contributed by atoms with E-state index in [-0.39, 0.29) is 0 Å². The lowest BCUT2D eigenvalue weighted by molar-refractivity contribution is -0.668. The summed E-state index contributed by atoms with van der Waals surface area (Å²) in [4.78, 5) is 3.82. The summed E-state index contributed by atoms with van der Waals surface area (Å²) in [5, 5.41) is 2.67. The van der Waals surface area contributed by atoms with Gasteiger partial charge in [0, 0.05) is 30.0 Å². The maximum atomic E-state index is 2.46. The van der Waals surface area contributed by atoms with Crippen LogP contribution in [0.1, 0.15) is 38.6 Å². The number of nitrogens with zero attached hydrogens (tertiary/aromatic N) is 2. The Bertz CT molecular complexity index is 1050. The number of para-hydroxylation sites is 2. The van der Waals surface area contributed by atoms with Gasteiger partial charge in [0.15, 0.2) is 0 Å². The van der Waals surface area contributed by atoms with Crippen molar-refractivity contribution in [3.8, 4) is 0 Å². The van der Waals surface area contributed by atoms with Gasteiger partial charge in [-0.25, -0.2) is 0 Å². The average molecular weight is 408 g/mol. The van der Waals surface area contributed by atoms with Crippen LogP contribution in [0.4, 0.5) is 5.69 Å². The van der Waals surface area contributed by atoms with Gasteiger partial charge in [0.05, 0.1) is 10.7 Å². The number of rotatable bonds is 6. The molecule has 0 radical (unpaired) electrons. The van der Waals surface area contributed by atoms with Crippen LogP contribution in [0.5, 0.6) is 0 Å². The minimum absolute atomic E-state index is 1.06. The van der Waals surface area contributed by atoms with E-state index < -0.39 is 0 Å². The summed E-state index contributed by atoms with van der Waals surface area (Å²) in [6.07, 6.45) is 6.98. The second kappa shape index (κ2) is 8.54. The third kappa shape index (κ3) is 3.76. The molecule has 0 unspecified atom stereocenters. The minimum Gasteiger partial charge on any atom is -0.335 e. The SMILES string of the molecule is CCCN1/C(=C/C(C)=C/c2sc3ccccc3[n+]2CCC)Sc2ccccc21. The number of aromatic nitrogens is 1. The molecule has 0 saturated carbocycles. The van der Waals surface area contributed by atoms with E-state index in [9.17, 15) is 0 Å².